The normalized spacial score (nSPS) is 24.8. The van der Waals surface area contributed by atoms with E-state index >= 15 is 0 Å². The lowest BCUT2D eigenvalue weighted by atomic mass is 10.0. The van der Waals surface area contributed by atoms with Crippen molar-refractivity contribution >= 4 is 11.6 Å². The van der Waals surface area contributed by atoms with Crippen molar-refractivity contribution in [1.29, 1.82) is 0 Å². The van der Waals surface area contributed by atoms with Crippen molar-refractivity contribution in [3.63, 3.8) is 0 Å². The minimum Gasteiger partial charge on any atom is -0.310 e. The highest BCUT2D eigenvalue weighted by atomic mass is 35.5. The number of hydrogen-bond donors (Lipinski definition) is 1. The van der Waals surface area contributed by atoms with E-state index in [1.807, 2.05) is 12.1 Å². The van der Waals surface area contributed by atoms with Crippen LogP contribution in [0.1, 0.15) is 50.2 Å². The Morgan fingerprint density at radius 2 is 2.06 bits per heavy atom. The van der Waals surface area contributed by atoms with Crippen LogP contribution < -0.4 is 5.32 Å². The third-order valence-electron chi connectivity index (χ3n) is 4.14. The van der Waals surface area contributed by atoms with E-state index in [4.69, 9.17) is 11.6 Å². The zero-order valence-electron chi connectivity index (χ0n) is 11.5. The van der Waals surface area contributed by atoms with E-state index in [0.29, 0.717) is 6.04 Å². The molecule has 18 heavy (non-hydrogen) atoms. The maximum atomic E-state index is 5.98. The van der Waals surface area contributed by atoms with Crippen molar-refractivity contribution in [2.24, 2.45) is 5.92 Å². The van der Waals surface area contributed by atoms with Crippen LogP contribution in [0.5, 0.6) is 0 Å². The van der Waals surface area contributed by atoms with Gasteiger partial charge in [-0.05, 0) is 55.4 Å². The van der Waals surface area contributed by atoms with Gasteiger partial charge in [0.2, 0.25) is 0 Å². The largest absolute Gasteiger partial charge is 0.310 e. The van der Waals surface area contributed by atoms with Crippen molar-refractivity contribution in [2.75, 3.05) is 0 Å². The molecule has 2 atom stereocenters. The minimum absolute atomic E-state index is 0.699. The van der Waals surface area contributed by atoms with E-state index in [-0.39, 0.29) is 0 Å². The van der Waals surface area contributed by atoms with Gasteiger partial charge in [-0.1, -0.05) is 37.4 Å². The van der Waals surface area contributed by atoms with Crippen LogP contribution in [0.2, 0.25) is 5.02 Å². The Hall–Kier alpha value is -0.530. The molecule has 0 amide bonds. The average molecular weight is 266 g/mol. The van der Waals surface area contributed by atoms with Crippen LogP contribution in [0.3, 0.4) is 0 Å². The molecule has 0 aromatic heterocycles. The smallest absolute Gasteiger partial charge is 0.0408 e. The van der Waals surface area contributed by atoms with E-state index < -0.39 is 0 Å². The summed E-state index contributed by atoms with van der Waals surface area (Å²) >= 11 is 5.98. The zero-order chi connectivity index (χ0) is 13.0. The van der Waals surface area contributed by atoms with Crippen molar-refractivity contribution in [3.8, 4) is 0 Å². The van der Waals surface area contributed by atoms with Gasteiger partial charge in [0.05, 0.1) is 0 Å². The highest BCUT2D eigenvalue weighted by Crippen LogP contribution is 2.23. The van der Waals surface area contributed by atoms with E-state index in [1.54, 1.807) is 0 Å². The summed E-state index contributed by atoms with van der Waals surface area (Å²) in [7, 11) is 0. The molecule has 0 radical (unpaired) electrons. The maximum absolute atomic E-state index is 5.98. The second kappa shape index (κ2) is 6.58. The SMILES string of the molecule is Cc1cc(Cl)ccc1CNC1CCCC(C)CC1. The molecular formula is C16H24ClN. The summed E-state index contributed by atoms with van der Waals surface area (Å²) in [6.45, 7) is 5.49. The quantitative estimate of drug-likeness (QED) is 0.781. The zero-order valence-corrected chi connectivity index (χ0v) is 12.3. The highest BCUT2D eigenvalue weighted by molar-refractivity contribution is 6.30. The van der Waals surface area contributed by atoms with Crippen molar-refractivity contribution in [1.82, 2.24) is 5.32 Å². The van der Waals surface area contributed by atoms with Crippen LogP contribution >= 0.6 is 11.6 Å². The van der Waals surface area contributed by atoms with Gasteiger partial charge in [-0.25, -0.2) is 0 Å². The Bertz CT molecular complexity index is 389. The lowest BCUT2D eigenvalue weighted by Gasteiger charge is -2.17. The minimum atomic E-state index is 0.699. The summed E-state index contributed by atoms with van der Waals surface area (Å²) in [5.41, 5.74) is 2.66. The first kappa shape index (κ1) is 13.9. The second-order valence-corrected chi connectivity index (χ2v) is 6.20. The molecule has 0 bridgehead atoms. The highest BCUT2D eigenvalue weighted by Gasteiger charge is 2.15. The maximum Gasteiger partial charge on any atom is 0.0408 e. The Balaban J connectivity index is 1.87. The fraction of sp³-hybridized carbons (Fsp3) is 0.625. The molecule has 1 aliphatic rings. The summed E-state index contributed by atoms with van der Waals surface area (Å²) in [4.78, 5) is 0. The Morgan fingerprint density at radius 1 is 1.22 bits per heavy atom. The Morgan fingerprint density at radius 3 is 2.83 bits per heavy atom. The molecule has 100 valence electrons. The van der Waals surface area contributed by atoms with E-state index in [1.165, 1.54) is 43.2 Å². The third-order valence-corrected chi connectivity index (χ3v) is 4.38. The third kappa shape index (κ3) is 4.00. The van der Waals surface area contributed by atoms with Crippen LogP contribution in [0, 0.1) is 12.8 Å². The number of rotatable bonds is 3. The molecule has 1 aliphatic carbocycles. The first-order valence-corrected chi connectivity index (χ1v) is 7.51. The first-order valence-electron chi connectivity index (χ1n) is 7.13. The predicted octanol–water partition coefficient (Wildman–Crippen LogP) is 4.71. The molecule has 0 aliphatic heterocycles. The van der Waals surface area contributed by atoms with Crippen molar-refractivity contribution in [3.05, 3.63) is 34.3 Å². The molecule has 0 spiro atoms. The van der Waals surface area contributed by atoms with Gasteiger partial charge in [0.1, 0.15) is 0 Å². The van der Waals surface area contributed by atoms with Crippen molar-refractivity contribution < 1.29 is 0 Å². The molecular weight excluding hydrogens is 242 g/mol. The molecule has 1 fully saturated rings. The number of aryl methyl sites for hydroxylation is 1. The monoisotopic (exact) mass is 265 g/mol. The van der Waals surface area contributed by atoms with Gasteiger partial charge in [-0.3, -0.25) is 0 Å². The summed E-state index contributed by atoms with van der Waals surface area (Å²) < 4.78 is 0. The molecule has 0 heterocycles. The fourth-order valence-corrected chi connectivity index (χ4v) is 3.03. The Kier molecular flexibility index (Phi) is 5.08. The van der Waals surface area contributed by atoms with Gasteiger partial charge >= 0.3 is 0 Å². The lowest BCUT2D eigenvalue weighted by molar-refractivity contribution is 0.447. The fourth-order valence-electron chi connectivity index (χ4n) is 2.80. The van der Waals surface area contributed by atoms with Crippen LogP contribution in [-0.4, -0.2) is 6.04 Å². The molecule has 2 unspecified atom stereocenters. The molecule has 1 N–H and O–H groups in total. The average Bonchev–Trinajstić information content (AvgIpc) is 2.53. The summed E-state index contributed by atoms with van der Waals surface area (Å²) in [5, 5.41) is 4.55. The topological polar surface area (TPSA) is 12.0 Å². The molecule has 1 saturated carbocycles. The molecule has 1 nitrogen and oxygen atoms in total. The van der Waals surface area contributed by atoms with Gasteiger partial charge in [0.25, 0.3) is 0 Å². The molecule has 0 saturated heterocycles. The first-order chi connectivity index (χ1) is 8.65. The standard InChI is InChI=1S/C16H24ClN/c1-12-4-3-5-16(9-6-12)18-11-14-7-8-15(17)10-13(14)2/h7-8,10,12,16,18H,3-6,9,11H2,1-2H3. The summed E-state index contributed by atoms with van der Waals surface area (Å²) in [6.07, 6.45) is 6.80. The van der Waals surface area contributed by atoms with E-state index in [9.17, 15) is 0 Å². The molecule has 1 aromatic rings. The van der Waals surface area contributed by atoms with Crippen LogP contribution in [0.25, 0.3) is 0 Å². The van der Waals surface area contributed by atoms with Crippen LogP contribution in [0.4, 0.5) is 0 Å². The number of halogens is 1. The lowest BCUT2D eigenvalue weighted by Crippen LogP contribution is -2.28. The molecule has 2 heteroatoms. The Labute approximate surface area is 116 Å². The van der Waals surface area contributed by atoms with Gasteiger partial charge < -0.3 is 5.32 Å². The summed E-state index contributed by atoms with van der Waals surface area (Å²) in [5.74, 6) is 0.911. The number of hydrogen-bond acceptors (Lipinski definition) is 1. The van der Waals surface area contributed by atoms with Gasteiger partial charge in [-0.2, -0.15) is 0 Å². The molecule has 2 rings (SSSR count). The second-order valence-electron chi connectivity index (χ2n) is 5.76. The van der Waals surface area contributed by atoms with E-state index in [2.05, 4.69) is 25.2 Å². The number of benzene rings is 1. The molecule has 1 aromatic carbocycles. The van der Waals surface area contributed by atoms with Crippen LogP contribution in [0.15, 0.2) is 18.2 Å². The van der Waals surface area contributed by atoms with Gasteiger partial charge in [-0.15, -0.1) is 0 Å². The van der Waals surface area contributed by atoms with Crippen molar-refractivity contribution in [2.45, 2.75) is 58.5 Å². The number of nitrogens with one attached hydrogen (secondary N) is 1. The van der Waals surface area contributed by atoms with Crippen LogP contribution in [-0.2, 0) is 6.54 Å². The predicted molar refractivity (Wildman–Crippen MR) is 79.1 cm³/mol. The van der Waals surface area contributed by atoms with Gasteiger partial charge in [0.15, 0.2) is 0 Å². The summed E-state index contributed by atoms with van der Waals surface area (Å²) in [6, 6.07) is 6.88. The van der Waals surface area contributed by atoms with Gasteiger partial charge in [0, 0.05) is 17.6 Å². The van der Waals surface area contributed by atoms with E-state index in [0.717, 1.165) is 17.5 Å².